The van der Waals surface area contributed by atoms with Gasteiger partial charge in [0.15, 0.2) is 0 Å². The lowest BCUT2D eigenvalue weighted by Gasteiger charge is -2.37. The van der Waals surface area contributed by atoms with Gasteiger partial charge in [-0.1, -0.05) is 24.6 Å². The van der Waals surface area contributed by atoms with Crippen LogP contribution in [0.4, 0.5) is 5.69 Å². The van der Waals surface area contributed by atoms with Crippen molar-refractivity contribution in [3.05, 3.63) is 53.1 Å². The number of anilines is 1. The number of benzene rings is 2. The third-order valence-electron chi connectivity index (χ3n) is 5.84. The molecule has 0 amide bonds. The standard InChI is InChI=1S/C21H25ClN2O2S.ClH/c1-2-23-11-9-18(10-12-23)24-13-8-16-14-20(6-7-21(16)24)27(25,26)19-5-3-4-17(22)15-19;/h3-7,14-15,18H,2,8-13H2,1H3;1H. The Kier molecular flexibility index (Phi) is 6.60. The minimum atomic E-state index is -3.55. The van der Waals surface area contributed by atoms with Gasteiger partial charge in [-0.2, -0.15) is 0 Å². The van der Waals surface area contributed by atoms with Gasteiger partial charge >= 0.3 is 0 Å². The van der Waals surface area contributed by atoms with Gasteiger partial charge in [0.1, 0.15) is 0 Å². The smallest absolute Gasteiger partial charge is 0.206 e. The summed E-state index contributed by atoms with van der Waals surface area (Å²) in [5.41, 5.74) is 2.34. The maximum absolute atomic E-state index is 13.0. The van der Waals surface area contributed by atoms with Crippen LogP contribution in [0.3, 0.4) is 0 Å². The Balaban J connectivity index is 0.00000225. The summed E-state index contributed by atoms with van der Waals surface area (Å²) in [6.07, 6.45) is 3.26. The molecule has 2 aromatic rings. The number of likely N-dealkylation sites (tertiary alicyclic amines) is 1. The van der Waals surface area contributed by atoms with E-state index in [0.717, 1.165) is 38.2 Å². The fourth-order valence-electron chi connectivity index (χ4n) is 4.27. The molecule has 28 heavy (non-hydrogen) atoms. The Morgan fingerprint density at radius 3 is 2.43 bits per heavy atom. The molecule has 2 aromatic carbocycles. The first-order chi connectivity index (χ1) is 13.0. The lowest BCUT2D eigenvalue weighted by molar-refractivity contribution is 0.219. The van der Waals surface area contributed by atoms with Gasteiger partial charge in [0.2, 0.25) is 9.84 Å². The molecule has 0 spiro atoms. The van der Waals surface area contributed by atoms with Crippen LogP contribution in [-0.2, 0) is 16.3 Å². The molecule has 1 saturated heterocycles. The molecule has 4 rings (SSSR count). The van der Waals surface area contributed by atoms with E-state index in [-0.39, 0.29) is 17.3 Å². The van der Waals surface area contributed by atoms with Crippen molar-refractivity contribution >= 4 is 39.5 Å². The molecular formula is C21H26Cl2N2O2S. The Morgan fingerprint density at radius 1 is 1.04 bits per heavy atom. The minimum Gasteiger partial charge on any atom is -0.368 e. The highest BCUT2D eigenvalue weighted by atomic mass is 35.5. The monoisotopic (exact) mass is 440 g/mol. The highest BCUT2D eigenvalue weighted by molar-refractivity contribution is 7.91. The van der Waals surface area contributed by atoms with E-state index in [1.807, 2.05) is 12.1 Å². The van der Waals surface area contributed by atoms with Crippen LogP contribution in [0.5, 0.6) is 0 Å². The van der Waals surface area contributed by atoms with Crippen LogP contribution in [0.25, 0.3) is 0 Å². The zero-order valence-electron chi connectivity index (χ0n) is 16.0. The molecule has 0 bridgehead atoms. The van der Waals surface area contributed by atoms with Gasteiger partial charge in [0.05, 0.1) is 9.79 Å². The number of piperidine rings is 1. The number of hydrogen-bond acceptors (Lipinski definition) is 4. The Bertz CT molecular complexity index is 941. The van der Waals surface area contributed by atoms with Crippen molar-refractivity contribution in [3.63, 3.8) is 0 Å². The van der Waals surface area contributed by atoms with Crippen LogP contribution in [0.1, 0.15) is 25.3 Å². The summed E-state index contributed by atoms with van der Waals surface area (Å²) in [7, 11) is -3.55. The summed E-state index contributed by atoms with van der Waals surface area (Å²) in [6.45, 7) is 6.61. The van der Waals surface area contributed by atoms with Gasteiger partial charge in [-0.25, -0.2) is 8.42 Å². The van der Waals surface area contributed by atoms with E-state index in [0.29, 0.717) is 16.0 Å². The molecule has 0 N–H and O–H groups in total. The van der Waals surface area contributed by atoms with E-state index in [9.17, 15) is 8.42 Å². The van der Waals surface area contributed by atoms with E-state index in [4.69, 9.17) is 11.6 Å². The van der Waals surface area contributed by atoms with Gasteiger partial charge in [-0.05, 0) is 67.8 Å². The van der Waals surface area contributed by atoms with Crippen molar-refractivity contribution in [3.8, 4) is 0 Å². The highest BCUT2D eigenvalue weighted by Gasteiger charge is 2.30. The van der Waals surface area contributed by atoms with Gasteiger partial charge < -0.3 is 9.80 Å². The zero-order chi connectivity index (χ0) is 19.0. The molecule has 0 atom stereocenters. The number of fused-ring (bicyclic) bond motifs is 1. The second-order valence-corrected chi connectivity index (χ2v) is 9.75. The maximum Gasteiger partial charge on any atom is 0.206 e. The van der Waals surface area contributed by atoms with Crippen LogP contribution < -0.4 is 4.90 Å². The second kappa shape index (κ2) is 8.62. The van der Waals surface area contributed by atoms with Crippen molar-refractivity contribution in [1.82, 2.24) is 4.90 Å². The van der Waals surface area contributed by atoms with Crippen molar-refractivity contribution < 1.29 is 8.42 Å². The van der Waals surface area contributed by atoms with Gasteiger partial charge in [-0.3, -0.25) is 0 Å². The number of hydrogen-bond donors (Lipinski definition) is 0. The first-order valence-electron chi connectivity index (χ1n) is 9.61. The van der Waals surface area contributed by atoms with E-state index in [1.54, 1.807) is 24.3 Å². The largest absolute Gasteiger partial charge is 0.368 e. The Hall–Kier alpha value is -1.27. The van der Waals surface area contributed by atoms with Crippen molar-refractivity contribution in [2.75, 3.05) is 31.1 Å². The van der Waals surface area contributed by atoms with Crippen molar-refractivity contribution in [2.24, 2.45) is 0 Å². The zero-order valence-corrected chi connectivity index (χ0v) is 18.4. The summed E-state index contributed by atoms with van der Waals surface area (Å²) in [6, 6.07) is 12.6. The average molecular weight is 441 g/mol. The quantitative estimate of drug-likeness (QED) is 0.704. The normalized spacial score (nSPS) is 18.0. The molecule has 2 aliphatic heterocycles. The summed E-state index contributed by atoms with van der Waals surface area (Å²) in [5, 5.41) is 0.432. The Morgan fingerprint density at radius 2 is 1.75 bits per heavy atom. The van der Waals surface area contributed by atoms with Crippen LogP contribution in [-0.4, -0.2) is 45.5 Å². The molecule has 0 saturated carbocycles. The predicted octanol–water partition coefficient (Wildman–Crippen LogP) is 4.44. The molecule has 0 radical (unpaired) electrons. The fraction of sp³-hybridized carbons (Fsp3) is 0.429. The lowest BCUT2D eigenvalue weighted by atomic mass is 10.0. The van der Waals surface area contributed by atoms with E-state index in [1.165, 1.54) is 24.6 Å². The molecule has 1 fully saturated rings. The van der Waals surface area contributed by atoms with Crippen molar-refractivity contribution in [2.45, 2.75) is 42.0 Å². The molecule has 0 aromatic heterocycles. The maximum atomic E-state index is 13.0. The van der Waals surface area contributed by atoms with Gasteiger partial charge in [0.25, 0.3) is 0 Å². The molecule has 0 unspecified atom stereocenters. The van der Waals surface area contributed by atoms with E-state index in [2.05, 4.69) is 16.7 Å². The summed E-state index contributed by atoms with van der Waals surface area (Å²) in [5.74, 6) is 0. The van der Waals surface area contributed by atoms with Crippen LogP contribution in [0.15, 0.2) is 52.3 Å². The molecule has 2 heterocycles. The molecule has 152 valence electrons. The predicted molar refractivity (Wildman–Crippen MR) is 117 cm³/mol. The highest BCUT2D eigenvalue weighted by Crippen LogP contribution is 2.35. The summed E-state index contributed by atoms with van der Waals surface area (Å²) >= 11 is 5.98. The van der Waals surface area contributed by atoms with E-state index < -0.39 is 9.84 Å². The lowest BCUT2D eigenvalue weighted by Crippen LogP contribution is -2.44. The Labute approximate surface area is 178 Å². The van der Waals surface area contributed by atoms with Crippen LogP contribution in [0, 0.1) is 0 Å². The molecule has 0 aliphatic carbocycles. The molecule has 7 heteroatoms. The third-order valence-corrected chi connectivity index (χ3v) is 7.83. The summed E-state index contributed by atoms with van der Waals surface area (Å²) in [4.78, 5) is 5.58. The SMILES string of the molecule is CCN1CCC(N2CCc3cc(S(=O)(=O)c4cccc(Cl)c4)ccc32)CC1.Cl. The fourth-order valence-corrected chi connectivity index (χ4v) is 5.88. The number of halogens is 2. The first-order valence-corrected chi connectivity index (χ1v) is 11.5. The topological polar surface area (TPSA) is 40.6 Å². The van der Waals surface area contributed by atoms with Crippen molar-refractivity contribution in [1.29, 1.82) is 0 Å². The van der Waals surface area contributed by atoms with Gasteiger partial charge in [-0.15, -0.1) is 12.4 Å². The summed E-state index contributed by atoms with van der Waals surface area (Å²) < 4.78 is 25.9. The number of rotatable bonds is 4. The number of sulfone groups is 1. The second-order valence-electron chi connectivity index (χ2n) is 7.36. The van der Waals surface area contributed by atoms with Crippen LogP contribution >= 0.6 is 24.0 Å². The molecule has 2 aliphatic rings. The number of nitrogens with zero attached hydrogens (tertiary/aromatic N) is 2. The minimum absolute atomic E-state index is 0. The van der Waals surface area contributed by atoms with Gasteiger partial charge in [0, 0.05) is 36.4 Å². The molecular weight excluding hydrogens is 415 g/mol. The average Bonchev–Trinajstić information content (AvgIpc) is 3.11. The molecule has 4 nitrogen and oxygen atoms in total. The van der Waals surface area contributed by atoms with E-state index >= 15 is 0 Å². The van der Waals surface area contributed by atoms with Crippen LogP contribution in [0.2, 0.25) is 5.02 Å². The third kappa shape index (κ3) is 4.04. The first kappa shape index (κ1) is 21.4.